The Morgan fingerprint density at radius 1 is 1.18 bits per heavy atom. The maximum absolute atomic E-state index is 13.7. The van der Waals surface area contributed by atoms with Crippen LogP contribution >= 0.6 is 0 Å². The zero-order chi connectivity index (χ0) is 27.8. The number of Topliss-reactive ketones (excluding diaryl/α,β-unsaturated/α-hetero) is 1. The fourth-order valence-corrected chi connectivity index (χ4v) is 4.48. The van der Waals surface area contributed by atoms with Gasteiger partial charge in [-0.3, -0.25) is 9.20 Å². The van der Waals surface area contributed by atoms with Crippen LogP contribution in [-0.2, 0) is 0 Å². The predicted molar refractivity (Wildman–Crippen MR) is 137 cm³/mol. The van der Waals surface area contributed by atoms with Gasteiger partial charge in [-0.05, 0) is 43.5 Å². The van der Waals surface area contributed by atoms with E-state index in [1.807, 2.05) is 13.0 Å². The molecule has 2 heterocycles. The lowest BCUT2D eigenvalue weighted by molar-refractivity contribution is -0.131. The van der Waals surface area contributed by atoms with Crippen LogP contribution in [0.1, 0.15) is 41.6 Å². The molecule has 0 bridgehead atoms. The lowest BCUT2D eigenvalue weighted by Crippen LogP contribution is -2.15. The number of benzene rings is 2. The van der Waals surface area contributed by atoms with Gasteiger partial charge in [-0.25, -0.2) is 9.37 Å². The molecule has 1 N–H and O–H groups in total. The van der Waals surface area contributed by atoms with E-state index >= 15 is 0 Å². The molecular weight excluding hydrogens is 512 g/mol. The third kappa shape index (κ3) is 5.87. The highest BCUT2D eigenvalue weighted by Gasteiger charge is 2.45. The first kappa shape index (κ1) is 26.2. The Morgan fingerprint density at radius 3 is 2.64 bits per heavy atom. The van der Waals surface area contributed by atoms with Gasteiger partial charge in [0.1, 0.15) is 17.3 Å². The smallest absolute Gasteiger partial charge is 0.390 e. The molecule has 0 spiro atoms. The second kappa shape index (κ2) is 10.1. The van der Waals surface area contributed by atoms with Crippen LogP contribution in [0.15, 0.2) is 60.9 Å². The number of halogens is 4. The zero-order valence-corrected chi connectivity index (χ0v) is 21.0. The quantitative estimate of drug-likeness (QED) is 0.177. The van der Waals surface area contributed by atoms with Gasteiger partial charge >= 0.3 is 6.18 Å². The molecule has 0 aliphatic heterocycles. The fraction of sp³-hybridized carbons (Fsp3) is 0.276. The number of nitriles is 1. The van der Waals surface area contributed by atoms with Crippen molar-refractivity contribution in [1.82, 2.24) is 9.38 Å². The zero-order valence-electron chi connectivity index (χ0n) is 21.0. The van der Waals surface area contributed by atoms with E-state index in [4.69, 9.17) is 4.74 Å². The number of ether oxygens (including phenoxy) is 1. The summed E-state index contributed by atoms with van der Waals surface area (Å²) in [6, 6.07) is 14.6. The first-order chi connectivity index (χ1) is 18.6. The molecule has 0 radical (unpaired) electrons. The van der Waals surface area contributed by atoms with E-state index in [9.17, 15) is 27.6 Å². The number of alkyl halides is 3. The number of aryl methyl sites for hydroxylation is 1. The van der Waals surface area contributed by atoms with Gasteiger partial charge in [0.2, 0.25) is 0 Å². The molecule has 0 atom stereocenters. The topological polar surface area (TPSA) is 79.4 Å². The number of anilines is 1. The maximum Gasteiger partial charge on any atom is 0.390 e. The summed E-state index contributed by atoms with van der Waals surface area (Å²) in [5.41, 5.74) is 2.76. The van der Waals surface area contributed by atoms with Gasteiger partial charge in [-0.15, -0.1) is 0 Å². The average molecular weight is 537 g/mol. The number of fused-ring (bicyclic) bond motifs is 1. The number of rotatable bonds is 9. The van der Waals surface area contributed by atoms with Gasteiger partial charge in [0.25, 0.3) is 0 Å². The van der Waals surface area contributed by atoms with Crippen molar-refractivity contribution in [2.75, 3.05) is 11.9 Å². The van der Waals surface area contributed by atoms with E-state index in [1.54, 1.807) is 35.0 Å². The summed E-state index contributed by atoms with van der Waals surface area (Å²) in [6.45, 7) is 1.44. The Bertz CT molecular complexity index is 1600. The third-order valence-corrected chi connectivity index (χ3v) is 6.75. The Labute approximate surface area is 221 Å². The van der Waals surface area contributed by atoms with E-state index in [-0.39, 0.29) is 30.2 Å². The Hall–Kier alpha value is -4.39. The number of carbonyl (C=O) groups excluding carboxylic acids is 1. The number of ketones is 1. The third-order valence-electron chi connectivity index (χ3n) is 6.75. The SMILES string of the molecule is Cc1cc(-c2cnc3c(NCCC(F)(F)F)cc(Oc4cccc(F)c4)cn23)ccc1C(=O)CC1(C#N)CC1. The second-order valence-corrected chi connectivity index (χ2v) is 9.80. The predicted octanol–water partition coefficient (Wildman–Crippen LogP) is 7.48. The van der Waals surface area contributed by atoms with Gasteiger partial charge in [-0.1, -0.05) is 18.2 Å². The number of nitrogens with zero attached hydrogens (tertiary/aromatic N) is 3. The summed E-state index contributed by atoms with van der Waals surface area (Å²) in [5.74, 6) is -0.0931. The largest absolute Gasteiger partial charge is 0.456 e. The van der Waals surface area contributed by atoms with Crippen LogP contribution in [-0.4, -0.2) is 27.9 Å². The highest BCUT2D eigenvalue weighted by atomic mass is 19.4. The minimum absolute atomic E-state index is 0.0850. The van der Waals surface area contributed by atoms with Crippen LogP contribution in [0.4, 0.5) is 23.2 Å². The van der Waals surface area contributed by atoms with Crippen molar-refractivity contribution < 1.29 is 27.1 Å². The second-order valence-electron chi connectivity index (χ2n) is 9.80. The number of nitrogens with one attached hydrogen (secondary N) is 1. The summed E-state index contributed by atoms with van der Waals surface area (Å²) < 4.78 is 59.6. The summed E-state index contributed by atoms with van der Waals surface area (Å²) in [7, 11) is 0. The molecule has 5 rings (SSSR count). The first-order valence-electron chi connectivity index (χ1n) is 12.4. The van der Waals surface area contributed by atoms with Crippen molar-refractivity contribution in [2.45, 2.75) is 38.8 Å². The molecule has 200 valence electrons. The van der Waals surface area contributed by atoms with Crippen molar-refractivity contribution in [3.63, 3.8) is 0 Å². The minimum Gasteiger partial charge on any atom is -0.456 e. The molecule has 1 fully saturated rings. The molecule has 1 saturated carbocycles. The van der Waals surface area contributed by atoms with Gasteiger partial charge in [-0.2, -0.15) is 18.4 Å². The summed E-state index contributed by atoms with van der Waals surface area (Å²) in [4.78, 5) is 17.3. The molecule has 0 unspecified atom stereocenters. The number of aromatic nitrogens is 2. The average Bonchev–Trinajstić information content (AvgIpc) is 3.51. The van der Waals surface area contributed by atoms with Crippen LogP contribution in [0, 0.1) is 29.5 Å². The number of carbonyl (C=O) groups is 1. The highest BCUT2D eigenvalue weighted by molar-refractivity contribution is 5.98. The normalized spacial score (nSPS) is 14.2. The van der Waals surface area contributed by atoms with Gasteiger partial charge in [0.15, 0.2) is 11.4 Å². The highest BCUT2D eigenvalue weighted by Crippen LogP contribution is 2.48. The lowest BCUT2D eigenvalue weighted by atomic mass is 9.93. The maximum atomic E-state index is 13.7. The minimum atomic E-state index is -4.33. The van der Waals surface area contributed by atoms with Crippen LogP contribution in [0.5, 0.6) is 11.5 Å². The molecule has 0 saturated heterocycles. The molecule has 1 aliphatic rings. The summed E-state index contributed by atoms with van der Waals surface area (Å²) >= 11 is 0. The molecule has 0 amide bonds. The molecular formula is C29H24F4N4O2. The Balaban J connectivity index is 1.50. The van der Waals surface area contributed by atoms with Crippen molar-refractivity contribution in [3.05, 3.63) is 77.9 Å². The number of hydrogen-bond acceptors (Lipinski definition) is 5. The monoisotopic (exact) mass is 536 g/mol. The first-order valence-corrected chi connectivity index (χ1v) is 12.4. The van der Waals surface area contributed by atoms with E-state index in [2.05, 4.69) is 16.4 Å². The molecule has 10 heteroatoms. The number of pyridine rings is 1. The van der Waals surface area contributed by atoms with E-state index in [0.717, 1.165) is 24.0 Å². The molecule has 6 nitrogen and oxygen atoms in total. The molecule has 2 aromatic carbocycles. The van der Waals surface area contributed by atoms with E-state index in [1.165, 1.54) is 24.3 Å². The van der Waals surface area contributed by atoms with Crippen molar-refractivity contribution >= 4 is 17.1 Å². The summed E-state index contributed by atoms with van der Waals surface area (Å²) in [5, 5.41) is 12.1. The molecule has 2 aromatic heterocycles. The Morgan fingerprint density at radius 2 is 1.97 bits per heavy atom. The molecule has 4 aromatic rings. The Kier molecular flexibility index (Phi) is 6.76. The van der Waals surface area contributed by atoms with Gasteiger partial charge < -0.3 is 10.1 Å². The van der Waals surface area contributed by atoms with Crippen molar-refractivity contribution in [1.29, 1.82) is 5.26 Å². The van der Waals surface area contributed by atoms with Crippen LogP contribution < -0.4 is 10.1 Å². The number of imidazole rings is 1. The van der Waals surface area contributed by atoms with Crippen molar-refractivity contribution in [2.24, 2.45) is 5.41 Å². The van der Waals surface area contributed by atoms with Crippen LogP contribution in [0.2, 0.25) is 0 Å². The molecule has 39 heavy (non-hydrogen) atoms. The fourth-order valence-electron chi connectivity index (χ4n) is 4.48. The number of hydrogen-bond donors (Lipinski definition) is 1. The van der Waals surface area contributed by atoms with Crippen LogP contribution in [0.25, 0.3) is 16.9 Å². The van der Waals surface area contributed by atoms with E-state index < -0.39 is 23.8 Å². The van der Waals surface area contributed by atoms with Gasteiger partial charge in [0, 0.05) is 36.2 Å². The van der Waals surface area contributed by atoms with E-state index in [0.29, 0.717) is 22.6 Å². The lowest BCUT2D eigenvalue weighted by Gasteiger charge is -2.14. The van der Waals surface area contributed by atoms with Crippen LogP contribution in [0.3, 0.4) is 0 Å². The standard InChI is InChI=1S/C29H24F4N4O2/c1-18-11-19(5-6-23(18)26(38)14-28(17-34)7-8-28)25-15-36-27-24(35-10-9-29(31,32)33)13-22(16-37(25)27)39-21-4-2-3-20(30)12-21/h2-6,11-13,15-16,35H,7-10,14H2,1H3. The summed E-state index contributed by atoms with van der Waals surface area (Å²) in [6.07, 6.45) is -0.517. The van der Waals surface area contributed by atoms with Crippen molar-refractivity contribution in [3.8, 4) is 28.8 Å². The molecule has 1 aliphatic carbocycles. The van der Waals surface area contributed by atoms with Gasteiger partial charge in [0.05, 0.1) is 41.7 Å².